The molecule has 0 amide bonds. The minimum atomic E-state index is -0.737. The Kier molecular flexibility index (Phi) is 5.30. The molecule has 0 atom stereocenters. The van der Waals surface area contributed by atoms with Gasteiger partial charge in [0.2, 0.25) is 0 Å². The van der Waals surface area contributed by atoms with E-state index in [2.05, 4.69) is 18.3 Å². The van der Waals surface area contributed by atoms with Crippen LogP contribution in [-0.4, -0.2) is 36.2 Å². The van der Waals surface area contributed by atoms with E-state index in [1.807, 2.05) is 18.2 Å². The molecule has 1 heterocycles. The molecule has 0 radical (unpaired) electrons. The average Bonchev–Trinajstić information content (AvgIpc) is 2.46. The number of aliphatic hydroxyl groups is 1. The van der Waals surface area contributed by atoms with Gasteiger partial charge in [0.05, 0.1) is 16.9 Å². The van der Waals surface area contributed by atoms with E-state index in [4.69, 9.17) is 4.74 Å². The molecule has 1 aliphatic heterocycles. The van der Waals surface area contributed by atoms with E-state index in [0.29, 0.717) is 38.2 Å². The Morgan fingerprint density at radius 1 is 1.45 bits per heavy atom. The molecule has 1 aliphatic rings. The van der Waals surface area contributed by atoms with Crippen LogP contribution >= 0.6 is 11.8 Å². The van der Waals surface area contributed by atoms with E-state index in [9.17, 15) is 10.4 Å². The van der Waals surface area contributed by atoms with E-state index in [1.54, 1.807) is 11.8 Å². The lowest BCUT2D eigenvalue weighted by atomic mass is 9.94. The van der Waals surface area contributed by atoms with Crippen LogP contribution in [0, 0.1) is 11.3 Å². The number of nitrogens with one attached hydrogen (secondary N) is 1. The molecule has 0 aliphatic carbocycles. The Bertz CT molecular complexity index is 493. The minimum Gasteiger partial charge on any atom is -0.388 e. The zero-order valence-electron chi connectivity index (χ0n) is 11.7. The first-order valence-corrected chi connectivity index (χ1v) is 7.87. The predicted molar refractivity (Wildman–Crippen MR) is 81.0 cm³/mol. The van der Waals surface area contributed by atoms with Gasteiger partial charge in [-0.3, -0.25) is 0 Å². The van der Waals surface area contributed by atoms with Crippen LogP contribution in [-0.2, 0) is 4.74 Å². The number of hydrogen-bond donors (Lipinski definition) is 2. The number of nitriles is 1. The SMILES string of the molecule is CCSc1cccc(NCC2(O)CCOCC2)c1C#N. The fourth-order valence-electron chi connectivity index (χ4n) is 2.26. The lowest BCUT2D eigenvalue weighted by molar-refractivity contribution is -0.0543. The average molecular weight is 292 g/mol. The molecular formula is C15H20N2O2S. The quantitative estimate of drug-likeness (QED) is 0.817. The zero-order chi connectivity index (χ0) is 14.4. The lowest BCUT2D eigenvalue weighted by Gasteiger charge is -2.32. The van der Waals surface area contributed by atoms with Crippen molar-refractivity contribution in [3.8, 4) is 6.07 Å². The monoisotopic (exact) mass is 292 g/mol. The maximum absolute atomic E-state index is 10.4. The van der Waals surface area contributed by atoms with E-state index in [-0.39, 0.29) is 0 Å². The van der Waals surface area contributed by atoms with Crippen molar-refractivity contribution in [2.24, 2.45) is 0 Å². The summed E-state index contributed by atoms with van der Waals surface area (Å²) in [4.78, 5) is 0.985. The molecule has 2 N–H and O–H groups in total. The first-order chi connectivity index (χ1) is 9.68. The molecule has 0 spiro atoms. The summed E-state index contributed by atoms with van der Waals surface area (Å²) in [6, 6.07) is 8.05. The molecule has 1 aromatic carbocycles. The third kappa shape index (κ3) is 3.66. The first kappa shape index (κ1) is 15.2. The van der Waals surface area contributed by atoms with Crippen molar-refractivity contribution in [1.82, 2.24) is 0 Å². The summed E-state index contributed by atoms with van der Waals surface area (Å²) >= 11 is 1.66. The summed E-state index contributed by atoms with van der Waals surface area (Å²) in [6.07, 6.45) is 1.26. The molecule has 1 aromatic rings. The van der Waals surface area contributed by atoms with Crippen molar-refractivity contribution < 1.29 is 9.84 Å². The summed E-state index contributed by atoms with van der Waals surface area (Å²) in [6.45, 7) is 3.70. The molecule has 0 unspecified atom stereocenters. The molecule has 0 aromatic heterocycles. The summed E-state index contributed by atoms with van der Waals surface area (Å²) < 4.78 is 5.27. The second kappa shape index (κ2) is 6.98. The zero-order valence-corrected chi connectivity index (χ0v) is 12.5. The van der Waals surface area contributed by atoms with Crippen LogP contribution in [0.25, 0.3) is 0 Å². The Morgan fingerprint density at radius 3 is 2.85 bits per heavy atom. The lowest BCUT2D eigenvalue weighted by Crippen LogP contribution is -2.42. The van der Waals surface area contributed by atoms with Gasteiger partial charge in [0.25, 0.3) is 0 Å². The van der Waals surface area contributed by atoms with E-state index >= 15 is 0 Å². The topological polar surface area (TPSA) is 65.3 Å². The third-order valence-electron chi connectivity index (χ3n) is 3.47. The van der Waals surface area contributed by atoms with Crippen LogP contribution in [0.4, 0.5) is 5.69 Å². The second-order valence-electron chi connectivity index (χ2n) is 4.91. The number of rotatable bonds is 5. The predicted octanol–water partition coefficient (Wildman–Crippen LogP) is 2.62. The van der Waals surface area contributed by atoms with Crippen LogP contribution < -0.4 is 5.32 Å². The first-order valence-electron chi connectivity index (χ1n) is 6.88. The second-order valence-corrected chi connectivity index (χ2v) is 6.22. The number of hydrogen-bond acceptors (Lipinski definition) is 5. The van der Waals surface area contributed by atoms with Crippen LogP contribution in [0.3, 0.4) is 0 Å². The Hall–Kier alpha value is -1.22. The van der Waals surface area contributed by atoms with Crippen LogP contribution in [0.15, 0.2) is 23.1 Å². The number of anilines is 1. The standard InChI is InChI=1S/C15H20N2O2S/c1-2-20-14-5-3-4-13(12(14)10-16)17-11-15(18)6-8-19-9-7-15/h3-5,17-18H,2,6-9,11H2,1H3. The fourth-order valence-corrected chi connectivity index (χ4v) is 3.04. The minimum absolute atomic E-state index is 0.450. The van der Waals surface area contributed by atoms with Gasteiger partial charge < -0.3 is 15.2 Å². The maximum atomic E-state index is 10.4. The highest BCUT2D eigenvalue weighted by Crippen LogP contribution is 2.29. The van der Waals surface area contributed by atoms with Crippen molar-refractivity contribution >= 4 is 17.4 Å². The number of nitrogens with zero attached hydrogens (tertiary/aromatic N) is 1. The van der Waals surface area contributed by atoms with E-state index in [0.717, 1.165) is 16.3 Å². The fraction of sp³-hybridized carbons (Fsp3) is 0.533. The van der Waals surface area contributed by atoms with Crippen LogP contribution in [0.1, 0.15) is 25.3 Å². The summed E-state index contributed by atoms with van der Waals surface area (Å²) in [5, 5.41) is 23.0. The van der Waals surface area contributed by atoms with Crippen molar-refractivity contribution in [2.45, 2.75) is 30.3 Å². The van der Waals surface area contributed by atoms with Crippen molar-refractivity contribution in [3.05, 3.63) is 23.8 Å². The van der Waals surface area contributed by atoms with Crippen LogP contribution in [0.2, 0.25) is 0 Å². The van der Waals surface area contributed by atoms with Crippen LogP contribution in [0.5, 0.6) is 0 Å². The van der Waals surface area contributed by atoms with Gasteiger partial charge in [-0.2, -0.15) is 5.26 Å². The van der Waals surface area contributed by atoms with Gasteiger partial charge in [-0.05, 0) is 17.9 Å². The molecule has 20 heavy (non-hydrogen) atoms. The van der Waals surface area contributed by atoms with Crippen molar-refractivity contribution in [1.29, 1.82) is 5.26 Å². The van der Waals surface area contributed by atoms with Gasteiger partial charge in [-0.1, -0.05) is 13.0 Å². The number of ether oxygens (including phenoxy) is 1. The summed E-state index contributed by atoms with van der Waals surface area (Å²) in [5.41, 5.74) is 0.722. The molecule has 0 bridgehead atoms. The Balaban J connectivity index is 2.09. The molecule has 2 rings (SSSR count). The highest BCUT2D eigenvalue weighted by atomic mass is 32.2. The van der Waals surface area contributed by atoms with E-state index < -0.39 is 5.60 Å². The molecule has 1 fully saturated rings. The molecule has 4 nitrogen and oxygen atoms in total. The molecule has 0 saturated carbocycles. The van der Waals surface area contributed by atoms with Gasteiger partial charge in [0, 0.05) is 37.5 Å². The number of benzene rings is 1. The Labute approximate surface area is 124 Å². The van der Waals surface area contributed by atoms with Gasteiger partial charge in [-0.25, -0.2) is 0 Å². The van der Waals surface area contributed by atoms with E-state index in [1.165, 1.54) is 0 Å². The highest BCUT2D eigenvalue weighted by molar-refractivity contribution is 7.99. The van der Waals surface area contributed by atoms with Crippen molar-refractivity contribution in [3.63, 3.8) is 0 Å². The van der Waals surface area contributed by atoms with Gasteiger partial charge >= 0.3 is 0 Å². The largest absolute Gasteiger partial charge is 0.388 e. The smallest absolute Gasteiger partial charge is 0.102 e. The molecule has 1 saturated heterocycles. The molecular weight excluding hydrogens is 272 g/mol. The van der Waals surface area contributed by atoms with Gasteiger partial charge in [-0.15, -0.1) is 11.8 Å². The summed E-state index contributed by atoms with van der Waals surface area (Å²) in [7, 11) is 0. The summed E-state index contributed by atoms with van der Waals surface area (Å²) in [5.74, 6) is 0.930. The Morgan fingerprint density at radius 2 is 2.20 bits per heavy atom. The molecule has 108 valence electrons. The van der Waals surface area contributed by atoms with Gasteiger partial charge in [0.15, 0.2) is 0 Å². The maximum Gasteiger partial charge on any atom is 0.102 e. The molecule has 5 heteroatoms. The van der Waals surface area contributed by atoms with Crippen molar-refractivity contribution in [2.75, 3.05) is 30.8 Å². The third-order valence-corrected chi connectivity index (χ3v) is 4.41. The van der Waals surface area contributed by atoms with Gasteiger partial charge in [0.1, 0.15) is 6.07 Å². The normalized spacial score (nSPS) is 17.4. The number of thioether (sulfide) groups is 1. The highest BCUT2D eigenvalue weighted by Gasteiger charge is 2.29.